The zero-order valence-electron chi connectivity index (χ0n) is 8.07. The minimum atomic E-state index is -0.388. The molecule has 0 heterocycles. The van der Waals surface area contributed by atoms with Crippen molar-refractivity contribution in [3.05, 3.63) is 38.9 Å². The Morgan fingerprint density at radius 2 is 1.93 bits per heavy atom. The van der Waals surface area contributed by atoms with Gasteiger partial charge in [-0.05, 0) is 31.5 Å². The molecule has 0 atom stereocenters. The molecule has 0 amide bonds. The Labute approximate surface area is 81.9 Å². The van der Waals surface area contributed by atoms with Crippen LogP contribution in [0.4, 0.5) is 5.69 Å². The monoisotopic (exact) mass is 190 g/mol. The van der Waals surface area contributed by atoms with E-state index in [1.165, 1.54) is 0 Å². The summed E-state index contributed by atoms with van der Waals surface area (Å²) < 4.78 is 0. The Bertz CT molecular complexity index is 396. The van der Waals surface area contributed by atoms with Crippen molar-refractivity contribution >= 4 is 5.69 Å². The quantitative estimate of drug-likeness (QED) is 0.530. The molecule has 0 unspecified atom stereocenters. The van der Waals surface area contributed by atoms with Gasteiger partial charge in [-0.15, -0.1) is 0 Å². The average Bonchev–Trinajstić information content (AvgIpc) is 2.01. The van der Waals surface area contributed by atoms with E-state index >= 15 is 0 Å². The van der Waals surface area contributed by atoms with E-state index in [9.17, 15) is 10.1 Å². The first kappa shape index (κ1) is 10.2. The summed E-state index contributed by atoms with van der Waals surface area (Å²) in [5.41, 5.74) is 2.19. The van der Waals surface area contributed by atoms with Gasteiger partial charge in [0.2, 0.25) is 0 Å². The fraction of sp³-hybridized carbons (Fsp3) is 0.300. The number of aryl methyl sites for hydroxylation is 2. The third-order valence-corrected chi connectivity index (χ3v) is 2.02. The zero-order chi connectivity index (χ0) is 10.7. The average molecular weight is 190 g/mol. The molecule has 14 heavy (non-hydrogen) atoms. The molecule has 1 aromatic rings. The summed E-state index contributed by atoms with van der Waals surface area (Å²) in [5, 5.41) is 19.1. The standard InChI is InChI=1S/C10H10N2O2/c1-7-5-9(3-4-11)6-8(2)10(7)12(13)14/h5-6H,3H2,1-2H3. The maximum absolute atomic E-state index is 10.7. The van der Waals surface area contributed by atoms with Crippen molar-refractivity contribution in [1.82, 2.24) is 0 Å². The summed E-state index contributed by atoms with van der Waals surface area (Å²) in [6, 6.07) is 5.39. The molecule has 0 aromatic heterocycles. The van der Waals surface area contributed by atoms with Gasteiger partial charge in [-0.25, -0.2) is 0 Å². The summed E-state index contributed by atoms with van der Waals surface area (Å²) in [4.78, 5) is 10.3. The van der Waals surface area contributed by atoms with Crippen LogP contribution in [0.15, 0.2) is 12.1 Å². The SMILES string of the molecule is Cc1cc(CC#N)cc(C)c1[N+](=O)[O-]. The van der Waals surface area contributed by atoms with Gasteiger partial charge in [-0.3, -0.25) is 10.1 Å². The van der Waals surface area contributed by atoms with E-state index in [2.05, 4.69) is 0 Å². The van der Waals surface area contributed by atoms with E-state index in [0.29, 0.717) is 17.5 Å². The Morgan fingerprint density at radius 3 is 2.29 bits per heavy atom. The largest absolute Gasteiger partial charge is 0.275 e. The molecule has 72 valence electrons. The van der Waals surface area contributed by atoms with E-state index in [1.54, 1.807) is 26.0 Å². The summed E-state index contributed by atoms with van der Waals surface area (Å²) >= 11 is 0. The molecule has 0 fully saturated rings. The highest BCUT2D eigenvalue weighted by molar-refractivity contribution is 5.49. The van der Waals surface area contributed by atoms with E-state index in [-0.39, 0.29) is 10.6 Å². The minimum absolute atomic E-state index is 0.145. The first-order valence-electron chi connectivity index (χ1n) is 4.17. The molecule has 0 aliphatic rings. The number of nitriles is 1. The van der Waals surface area contributed by atoms with Crippen LogP contribution in [-0.4, -0.2) is 4.92 Å². The number of nitro benzene ring substituents is 1. The van der Waals surface area contributed by atoms with Gasteiger partial charge < -0.3 is 0 Å². The minimum Gasteiger partial charge on any atom is -0.258 e. The maximum Gasteiger partial charge on any atom is 0.275 e. The van der Waals surface area contributed by atoms with Gasteiger partial charge >= 0.3 is 0 Å². The predicted molar refractivity (Wildman–Crippen MR) is 51.9 cm³/mol. The molecule has 4 nitrogen and oxygen atoms in total. The van der Waals surface area contributed by atoms with Gasteiger partial charge in [-0.2, -0.15) is 5.26 Å². The molecule has 0 saturated carbocycles. The number of nitro groups is 1. The Balaban J connectivity index is 3.26. The maximum atomic E-state index is 10.7. The first-order valence-corrected chi connectivity index (χ1v) is 4.17. The van der Waals surface area contributed by atoms with E-state index in [1.807, 2.05) is 6.07 Å². The van der Waals surface area contributed by atoms with Crippen LogP contribution < -0.4 is 0 Å². The molecular weight excluding hydrogens is 180 g/mol. The molecule has 0 spiro atoms. The van der Waals surface area contributed by atoms with Crippen molar-refractivity contribution in [1.29, 1.82) is 5.26 Å². The van der Waals surface area contributed by atoms with Crippen LogP contribution in [0.5, 0.6) is 0 Å². The molecule has 0 saturated heterocycles. The number of hydrogen-bond donors (Lipinski definition) is 0. The highest BCUT2D eigenvalue weighted by Crippen LogP contribution is 2.24. The molecule has 4 heteroatoms. The van der Waals surface area contributed by atoms with Crippen molar-refractivity contribution in [3.63, 3.8) is 0 Å². The molecule has 0 radical (unpaired) electrons. The third-order valence-electron chi connectivity index (χ3n) is 2.02. The Kier molecular flexibility index (Phi) is 2.82. The third kappa shape index (κ3) is 1.88. The number of rotatable bonds is 2. The van der Waals surface area contributed by atoms with Crippen LogP contribution in [0.1, 0.15) is 16.7 Å². The lowest BCUT2D eigenvalue weighted by Gasteiger charge is -2.03. The first-order chi connectivity index (χ1) is 6.56. The molecule has 0 bridgehead atoms. The van der Waals surface area contributed by atoms with Crippen molar-refractivity contribution in [2.75, 3.05) is 0 Å². The van der Waals surface area contributed by atoms with Crippen molar-refractivity contribution in [2.45, 2.75) is 20.3 Å². The smallest absolute Gasteiger partial charge is 0.258 e. The summed E-state index contributed by atoms with van der Waals surface area (Å²) in [6.07, 6.45) is 0.291. The van der Waals surface area contributed by atoms with Crippen molar-refractivity contribution < 1.29 is 4.92 Å². The van der Waals surface area contributed by atoms with Gasteiger partial charge in [0, 0.05) is 11.1 Å². The molecule has 0 N–H and O–H groups in total. The fourth-order valence-electron chi connectivity index (χ4n) is 1.53. The van der Waals surface area contributed by atoms with Crippen LogP contribution >= 0.6 is 0 Å². The normalized spacial score (nSPS) is 9.50. The van der Waals surface area contributed by atoms with Crippen LogP contribution in [0.2, 0.25) is 0 Å². The molecule has 1 rings (SSSR count). The van der Waals surface area contributed by atoms with Gasteiger partial charge in [0.15, 0.2) is 0 Å². The Hall–Kier alpha value is -1.89. The second-order valence-corrected chi connectivity index (χ2v) is 3.17. The van der Waals surface area contributed by atoms with Crippen molar-refractivity contribution in [3.8, 4) is 6.07 Å². The van der Waals surface area contributed by atoms with Gasteiger partial charge in [-0.1, -0.05) is 0 Å². The van der Waals surface area contributed by atoms with Crippen LogP contribution in [0.25, 0.3) is 0 Å². The van der Waals surface area contributed by atoms with Gasteiger partial charge in [0.25, 0.3) is 5.69 Å². The summed E-state index contributed by atoms with van der Waals surface area (Å²) in [6.45, 7) is 3.37. The number of benzene rings is 1. The topological polar surface area (TPSA) is 66.9 Å². The van der Waals surface area contributed by atoms with E-state index in [0.717, 1.165) is 5.56 Å². The summed E-state index contributed by atoms with van der Waals surface area (Å²) in [7, 11) is 0. The highest BCUT2D eigenvalue weighted by Gasteiger charge is 2.14. The van der Waals surface area contributed by atoms with Crippen molar-refractivity contribution in [2.24, 2.45) is 0 Å². The van der Waals surface area contributed by atoms with E-state index in [4.69, 9.17) is 5.26 Å². The van der Waals surface area contributed by atoms with Crippen LogP contribution in [0.3, 0.4) is 0 Å². The molecule has 0 aliphatic heterocycles. The second-order valence-electron chi connectivity index (χ2n) is 3.17. The predicted octanol–water partition coefficient (Wildman–Crippen LogP) is 2.28. The lowest BCUT2D eigenvalue weighted by molar-refractivity contribution is -0.386. The number of hydrogen-bond acceptors (Lipinski definition) is 3. The van der Waals surface area contributed by atoms with E-state index < -0.39 is 0 Å². The molecule has 1 aromatic carbocycles. The summed E-state index contributed by atoms with van der Waals surface area (Å²) in [5.74, 6) is 0. The highest BCUT2D eigenvalue weighted by atomic mass is 16.6. The lowest BCUT2D eigenvalue weighted by Crippen LogP contribution is -1.97. The fourth-order valence-corrected chi connectivity index (χ4v) is 1.53. The second kappa shape index (κ2) is 3.88. The van der Waals surface area contributed by atoms with Crippen LogP contribution in [0, 0.1) is 35.3 Å². The zero-order valence-corrected chi connectivity index (χ0v) is 8.07. The molecular formula is C10H10N2O2. The van der Waals surface area contributed by atoms with Gasteiger partial charge in [0.05, 0.1) is 17.4 Å². The number of nitrogens with zero attached hydrogens (tertiary/aromatic N) is 2. The lowest BCUT2D eigenvalue weighted by atomic mass is 10.0. The van der Waals surface area contributed by atoms with Gasteiger partial charge in [0.1, 0.15) is 0 Å². The molecule has 0 aliphatic carbocycles. The Morgan fingerprint density at radius 1 is 1.43 bits per heavy atom. The van der Waals surface area contributed by atoms with Crippen LogP contribution in [-0.2, 0) is 6.42 Å².